The Hall–Kier alpha value is -2.71. The fraction of sp³-hybridized carbons (Fsp3) is 0.158. The summed E-state index contributed by atoms with van der Waals surface area (Å²) in [6, 6.07) is 17.8. The van der Waals surface area contributed by atoms with E-state index >= 15 is 0 Å². The number of carbonyl (C=O) groups is 1. The van der Waals surface area contributed by atoms with Crippen LogP contribution in [0.3, 0.4) is 0 Å². The van der Waals surface area contributed by atoms with Gasteiger partial charge in [-0.05, 0) is 24.1 Å². The number of thiazole rings is 1. The van der Waals surface area contributed by atoms with Crippen molar-refractivity contribution >= 4 is 32.4 Å². The summed E-state index contributed by atoms with van der Waals surface area (Å²) in [4.78, 5) is 16.6. The second kappa shape index (κ2) is 8.79. The highest BCUT2D eigenvalue weighted by Crippen LogP contribution is 2.25. The number of sulfonamides is 1. The number of nitrogens with one attached hydrogen (secondary N) is 1. The van der Waals surface area contributed by atoms with Gasteiger partial charge in [0.05, 0.1) is 4.90 Å². The highest BCUT2D eigenvalue weighted by molar-refractivity contribution is 7.93. The molecule has 3 rings (SSSR count). The van der Waals surface area contributed by atoms with E-state index in [1.54, 1.807) is 23.6 Å². The monoisotopic (exact) mass is 401 g/mol. The summed E-state index contributed by atoms with van der Waals surface area (Å²) >= 11 is 1.17. The Bertz CT molecular complexity index is 960. The Kier molecular flexibility index (Phi) is 6.20. The van der Waals surface area contributed by atoms with Gasteiger partial charge in [0, 0.05) is 18.1 Å². The number of rotatable bonds is 8. The van der Waals surface area contributed by atoms with Crippen LogP contribution in [-0.2, 0) is 21.2 Å². The maximum atomic E-state index is 13.0. The maximum Gasteiger partial charge on any atom is 0.266 e. The zero-order chi connectivity index (χ0) is 19.1. The molecule has 0 bridgehead atoms. The molecule has 0 saturated carbocycles. The van der Waals surface area contributed by atoms with Gasteiger partial charge in [0.1, 0.15) is 6.54 Å². The largest absolute Gasteiger partial charge is 0.354 e. The Morgan fingerprint density at radius 3 is 2.33 bits per heavy atom. The summed E-state index contributed by atoms with van der Waals surface area (Å²) in [5.41, 5.74) is 1.10. The molecule has 6 nitrogen and oxygen atoms in total. The van der Waals surface area contributed by atoms with Crippen LogP contribution < -0.4 is 9.62 Å². The summed E-state index contributed by atoms with van der Waals surface area (Å²) in [5.74, 6) is -0.374. The van der Waals surface area contributed by atoms with Crippen molar-refractivity contribution in [2.45, 2.75) is 11.3 Å². The topological polar surface area (TPSA) is 79.4 Å². The maximum absolute atomic E-state index is 13.0. The Morgan fingerprint density at radius 2 is 1.70 bits per heavy atom. The van der Waals surface area contributed by atoms with Gasteiger partial charge in [-0.3, -0.25) is 4.79 Å². The molecule has 140 valence electrons. The van der Waals surface area contributed by atoms with E-state index in [1.807, 2.05) is 30.3 Å². The summed E-state index contributed by atoms with van der Waals surface area (Å²) in [6.07, 6.45) is 2.19. The number of aromatic nitrogens is 1. The number of hydrogen-bond acceptors (Lipinski definition) is 5. The minimum absolute atomic E-state index is 0.122. The summed E-state index contributed by atoms with van der Waals surface area (Å²) in [6.45, 7) is 0.111. The number of nitrogens with zero attached hydrogens (tertiary/aromatic N) is 2. The molecule has 0 aliphatic heterocycles. The first-order chi connectivity index (χ1) is 13.1. The van der Waals surface area contributed by atoms with Crippen LogP contribution >= 0.6 is 11.3 Å². The highest BCUT2D eigenvalue weighted by atomic mass is 32.2. The number of anilines is 1. The molecule has 0 fully saturated rings. The average molecular weight is 402 g/mol. The third-order valence-corrected chi connectivity index (χ3v) is 6.49. The molecular formula is C19H19N3O3S2. The summed E-state index contributed by atoms with van der Waals surface area (Å²) in [5, 5.41) is 4.72. The molecule has 1 amide bonds. The Morgan fingerprint density at radius 1 is 1.04 bits per heavy atom. The molecule has 0 saturated heterocycles. The van der Waals surface area contributed by atoms with E-state index in [2.05, 4.69) is 10.3 Å². The van der Waals surface area contributed by atoms with Crippen molar-refractivity contribution in [2.24, 2.45) is 0 Å². The quantitative estimate of drug-likeness (QED) is 0.629. The third kappa shape index (κ3) is 4.93. The molecule has 1 heterocycles. The first-order valence-corrected chi connectivity index (χ1v) is 10.7. The van der Waals surface area contributed by atoms with Crippen LogP contribution in [0.15, 0.2) is 77.1 Å². The van der Waals surface area contributed by atoms with Crippen LogP contribution in [0.2, 0.25) is 0 Å². The van der Waals surface area contributed by atoms with Crippen LogP contribution in [0.4, 0.5) is 5.13 Å². The molecule has 1 aromatic heterocycles. The lowest BCUT2D eigenvalue weighted by Gasteiger charge is -2.21. The molecule has 0 aliphatic carbocycles. The van der Waals surface area contributed by atoms with Crippen molar-refractivity contribution in [3.63, 3.8) is 0 Å². The van der Waals surface area contributed by atoms with Gasteiger partial charge in [0.25, 0.3) is 10.0 Å². The minimum Gasteiger partial charge on any atom is -0.354 e. The predicted octanol–water partition coefficient (Wildman–Crippen LogP) is 2.70. The zero-order valence-electron chi connectivity index (χ0n) is 14.5. The second-order valence-corrected chi connectivity index (χ2v) is 8.46. The molecule has 27 heavy (non-hydrogen) atoms. The molecule has 0 aliphatic rings. The molecule has 0 atom stereocenters. The first-order valence-electron chi connectivity index (χ1n) is 8.35. The summed E-state index contributed by atoms with van der Waals surface area (Å²) in [7, 11) is -3.88. The van der Waals surface area contributed by atoms with E-state index < -0.39 is 10.0 Å². The Balaban J connectivity index is 1.70. The zero-order valence-corrected chi connectivity index (χ0v) is 16.1. The van der Waals surface area contributed by atoms with Crippen LogP contribution in [0.5, 0.6) is 0 Å². The second-order valence-electron chi connectivity index (χ2n) is 5.72. The smallest absolute Gasteiger partial charge is 0.266 e. The van der Waals surface area contributed by atoms with Gasteiger partial charge in [0.15, 0.2) is 5.13 Å². The molecule has 2 aromatic carbocycles. The van der Waals surface area contributed by atoms with Gasteiger partial charge in [-0.1, -0.05) is 48.5 Å². The van der Waals surface area contributed by atoms with Crippen LogP contribution in [0, 0.1) is 0 Å². The Labute approximate surface area is 162 Å². The van der Waals surface area contributed by atoms with E-state index in [0.717, 1.165) is 9.87 Å². The van der Waals surface area contributed by atoms with E-state index in [-0.39, 0.29) is 22.5 Å². The predicted molar refractivity (Wildman–Crippen MR) is 106 cm³/mol. The standard InChI is InChI=1S/C19H19N3O3S2/c23-18(20-12-11-16-7-3-1-4-8-16)15-22(19-21-13-14-26-19)27(24,25)17-9-5-2-6-10-17/h1-10,13-14H,11-12,15H2,(H,20,23). The molecular weight excluding hydrogens is 382 g/mol. The lowest BCUT2D eigenvalue weighted by Crippen LogP contribution is -2.41. The van der Waals surface area contributed by atoms with E-state index in [9.17, 15) is 13.2 Å². The van der Waals surface area contributed by atoms with Crippen molar-refractivity contribution in [3.05, 3.63) is 77.8 Å². The van der Waals surface area contributed by atoms with E-state index in [1.165, 1.54) is 29.7 Å². The average Bonchev–Trinajstić information content (AvgIpc) is 3.22. The normalized spacial score (nSPS) is 11.1. The number of hydrogen-bond donors (Lipinski definition) is 1. The van der Waals surface area contributed by atoms with Crippen LogP contribution in [0.1, 0.15) is 5.56 Å². The van der Waals surface area contributed by atoms with Crippen molar-refractivity contribution < 1.29 is 13.2 Å². The summed E-state index contributed by atoms with van der Waals surface area (Å²) < 4.78 is 27.0. The fourth-order valence-electron chi connectivity index (χ4n) is 2.49. The molecule has 1 N–H and O–H groups in total. The molecule has 8 heteroatoms. The van der Waals surface area contributed by atoms with Gasteiger partial charge in [0.2, 0.25) is 5.91 Å². The van der Waals surface area contributed by atoms with Crippen molar-refractivity contribution in [1.29, 1.82) is 0 Å². The van der Waals surface area contributed by atoms with E-state index in [0.29, 0.717) is 13.0 Å². The lowest BCUT2D eigenvalue weighted by molar-refractivity contribution is -0.119. The number of amides is 1. The van der Waals surface area contributed by atoms with Crippen molar-refractivity contribution in [2.75, 3.05) is 17.4 Å². The molecule has 3 aromatic rings. The molecule has 0 radical (unpaired) electrons. The van der Waals surface area contributed by atoms with Gasteiger partial charge in [-0.2, -0.15) is 0 Å². The number of carbonyl (C=O) groups excluding carboxylic acids is 1. The molecule has 0 unspecified atom stereocenters. The van der Waals surface area contributed by atoms with Crippen LogP contribution in [0.25, 0.3) is 0 Å². The number of benzene rings is 2. The van der Waals surface area contributed by atoms with Crippen LogP contribution in [-0.4, -0.2) is 32.4 Å². The minimum atomic E-state index is -3.88. The van der Waals surface area contributed by atoms with Crippen molar-refractivity contribution in [1.82, 2.24) is 10.3 Å². The van der Waals surface area contributed by atoms with Gasteiger partial charge in [-0.25, -0.2) is 17.7 Å². The van der Waals surface area contributed by atoms with Gasteiger partial charge < -0.3 is 5.32 Å². The highest BCUT2D eigenvalue weighted by Gasteiger charge is 2.28. The van der Waals surface area contributed by atoms with Gasteiger partial charge in [-0.15, -0.1) is 11.3 Å². The van der Waals surface area contributed by atoms with E-state index in [4.69, 9.17) is 0 Å². The van der Waals surface area contributed by atoms with Gasteiger partial charge >= 0.3 is 0 Å². The van der Waals surface area contributed by atoms with Crippen molar-refractivity contribution in [3.8, 4) is 0 Å². The third-order valence-electron chi connectivity index (χ3n) is 3.83. The lowest BCUT2D eigenvalue weighted by atomic mass is 10.1. The first kappa shape index (κ1) is 19.1. The fourth-order valence-corrected chi connectivity index (χ4v) is 4.76. The molecule has 0 spiro atoms. The SMILES string of the molecule is O=C(CN(c1nccs1)S(=O)(=O)c1ccccc1)NCCc1ccccc1.